The Morgan fingerprint density at radius 2 is 2.28 bits per heavy atom. The van der Waals surface area contributed by atoms with Crippen LogP contribution in [0.3, 0.4) is 0 Å². The molecular formula is C11H8ClFN2O3. The van der Waals surface area contributed by atoms with Crippen LogP contribution in [-0.2, 0) is 6.54 Å². The molecule has 7 heteroatoms. The maximum Gasteiger partial charge on any atom is 0.295 e. The normalized spacial score (nSPS) is 10.3. The lowest BCUT2D eigenvalue weighted by atomic mass is 10.2. The Hall–Kier alpha value is -2.08. The van der Waals surface area contributed by atoms with Crippen LogP contribution in [0.5, 0.6) is 0 Å². The van der Waals surface area contributed by atoms with Crippen molar-refractivity contribution in [3.8, 4) is 0 Å². The van der Waals surface area contributed by atoms with Gasteiger partial charge in [0.05, 0.1) is 28.5 Å². The summed E-state index contributed by atoms with van der Waals surface area (Å²) in [6, 6.07) is 3.69. The highest BCUT2D eigenvalue weighted by Gasteiger charge is 2.17. The van der Waals surface area contributed by atoms with E-state index in [0.29, 0.717) is 6.54 Å². The molecule has 94 valence electrons. The first-order valence-corrected chi connectivity index (χ1v) is 5.34. The molecule has 0 radical (unpaired) electrons. The molecule has 0 saturated carbocycles. The van der Waals surface area contributed by atoms with Gasteiger partial charge in [0.15, 0.2) is 0 Å². The highest BCUT2D eigenvalue weighted by Crippen LogP contribution is 2.30. The van der Waals surface area contributed by atoms with E-state index in [-0.39, 0.29) is 16.4 Å². The third-order valence-corrected chi connectivity index (χ3v) is 2.59. The number of nitrogens with zero attached hydrogens (tertiary/aromatic N) is 1. The van der Waals surface area contributed by atoms with Gasteiger partial charge < -0.3 is 9.73 Å². The van der Waals surface area contributed by atoms with Crippen molar-refractivity contribution in [3.63, 3.8) is 0 Å². The van der Waals surface area contributed by atoms with E-state index in [1.165, 1.54) is 18.6 Å². The Kier molecular flexibility index (Phi) is 3.47. The summed E-state index contributed by atoms with van der Waals surface area (Å²) in [6.07, 6.45) is 2.99. The zero-order valence-corrected chi connectivity index (χ0v) is 9.78. The molecule has 0 fully saturated rings. The SMILES string of the molecule is O=[N+]([O-])c1cc(F)c(Cl)cc1NCc1ccoc1. The maximum absolute atomic E-state index is 13.2. The summed E-state index contributed by atoms with van der Waals surface area (Å²) in [4.78, 5) is 10.1. The molecule has 0 aliphatic rings. The lowest BCUT2D eigenvalue weighted by Gasteiger charge is -2.06. The molecule has 0 spiro atoms. The number of furan rings is 1. The van der Waals surface area contributed by atoms with Gasteiger partial charge in [-0.15, -0.1) is 0 Å². The fourth-order valence-electron chi connectivity index (χ4n) is 1.42. The first-order valence-electron chi connectivity index (χ1n) is 4.96. The molecule has 0 unspecified atom stereocenters. The Morgan fingerprint density at radius 3 is 2.89 bits per heavy atom. The van der Waals surface area contributed by atoms with Crippen molar-refractivity contribution < 1.29 is 13.7 Å². The highest BCUT2D eigenvalue weighted by atomic mass is 35.5. The second kappa shape index (κ2) is 5.05. The number of hydrogen-bond donors (Lipinski definition) is 1. The van der Waals surface area contributed by atoms with E-state index in [9.17, 15) is 14.5 Å². The minimum Gasteiger partial charge on any atom is -0.472 e. The molecule has 1 N–H and O–H groups in total. The third-order valence-electron chi connectivity index (χ3n) is 2.30. The fourth-order valence-corrected chi connectivity index (χ4v) is 1.58. The number of nitrogens with one attached hydrogen (secondary N) is 1. The van der Waals surface area contributed by atoms with Crippen LogP contribution in [0.15, 0.2) is 35.1 Å². The molecule has 0 saturated heterocycles. The Morgan fingerprint density at radius 1 is 1.50 bits per heavy atom. The van der Waals surface area contributed by atoms with E-state index in [1.807, 2.05) is 0 Å². The average molecular weight is 271 g/mol. The predicted octanol–water partition coefficient (Wildman–Crippen LogP) is 3.59. The summed E-state index contributed by atoms with van der Waals surface area (Å²) in [7, 11) is 0. The van der Waals surface area contributed by atoms with E-state index in [1.54, 1.807) is 6.07 Å². The van der Waals surface area contributed by atoms with E-state index in [4.69, 9.17) is 16.0 Å². The van der Waals surface area contributed by atoms with Crippen molar-refractivity contribution in [2.75, 3.05) is 5.32 Å². The summed E-state index contributed by atoms with van der Waals surface area (Å²) < 4.78 is 18.0. The first-order chi connectivity index (χ1) is 8.58. The Bertz CT molecular complexity index is 572. The smallest absolute Gasteiger partial charge is 0.295 e. The number of halogens is 2. The minimum absolute atomic E-state index is 0.160. The fraction of sp³-hybridized carbons (Fsp3) is 0.0909. The van der Waals surface area contributed by atoms with Crippen LogP contribution in [0.25, 0.3) is 0 Å². The topological polar surface area (TPSA) is 68.3 Å². The largest absolute Gasteiger partial charge is 0.472 e. The number of nitro benzene ring substituents is 1. The van der Waals surface area contributed by atoms with Crippen LogP contribution in [0, 0.1) is 15.9 Å². The molecule has 5 nitrogen and oxygen atoms in total. The van der Waals surface area contributed by atoms with Crippen molar-refractivity contribution in [2.24, 2.45) is 0 Å². The Labute approximate surface area is 106 Å². The molecule has 0 bridgehead atoms. The van der Waals surface area contributed by atoms with Gasteiger partial charge >= 0.3 is 0 Å². The van der Waals surface area contributed by atoms with Gasteiger partial charge in [0.2, 0.25) is 0 Å². The second-order valence-corrected chi connectivity index (χ2v) is 3.93. The summed E-state index contributed by atoms with van der Waals surface area (Å²) >= 11 is 5.60. The molecule has 0 aliphatic carbocycles. The summed E-state index contributed by atoms with van der Waals surface area (Å²) in [5.41, 5.74) is 0.609. The maximum atomic E-state index is 13.2. The zero-order valence-electron chi connectivity index (χ0n) is 9.02. The molecule has 2 rings (SSSR count). The summed E-state index contributed by atoms with van der Waals surface area (Å²) in [5, 5.41) is 13.4. The number of anilines is 1. The number of benzene rings is 1. The monoisotopic (exact) mass is 270 g/mol. The van der Waals surface area contributed by atoms with Crippen LogP contribution < -0.4 is 5.32 Å². The molecule has 1 aromatic carbocycles. The van der Waals surface area contributed by atoms with Gasteiger partial charge in [-0.3, -0.25) is 10.1 Å². The molecule has 0 aliphatic heterocycles. The Balaban J connectivity index is 2.25. The summed E-state index contributed by atoms with van der Waals surface area (Å²) in [6.45, 7) is 0.319. The van der Waals surface area contributed by atoms with E-state index >= 15 is 0 Å². The van der Waals surface area contributed by atoms with Crippen molar-refractivity contribution >= 4 is 23.0 Å². The van der Waals surface area contributed by atoms with Crippen LogP contribution in [0.2, 0.25) is 5.02 Å². The van der Waals surface area contributed by atoms with Gasteiger partial charge in [-0.2, -0.15) is 0 Å². The van der Waals surface area contributed by atoms with Crippen LogP contribution in [-0.4, -0.2) is 4.92 Å². The second-order valence-electron chi connectivity index (χ2n) is 3.53. The highest BCUT2D eigenvalue weighted by molar-refractivity contribution is 6.31. The third kappa shape index (κ3) is 2.60. The van der Waals surface area contributed by atoms with Crippen molar-refractivity contribution in [2.45, 2.75) is 6.54 Å². The van der Waals surface area contributed by atoms with Gasteiger partial charge in [-0.25, -0.2) is 4.39 Å². The van der Waals surface area contributed by atoms with Gasteiger partial charge in [-0.05, 0) is 12.1 Å². The molecule has 0 atom stereocenters. The van der Waals surface area contributed by atoms with Crippen LogP contribution >= 0.6 is 11.6 Å². The quantitative estimate of drug-likeness (QED) is 0.681. The number of nitro groups is 1. The predicted molar refractivity (Wildman–Crippen MR) is 64.1 cm³/mol. The number of hydrogen-bond acceptors (Lipinski definition) is 4. The molecular weight excluding hydrogens is 263 g/mol. The standard InChI is InChI=1S/C11H8ClFN2O3/c12-8-3-10(11(15(16)17)4-9(8)13)14-5-7-1-2-18-6-7/h1-4,6,14H,5H2. The van der Waals surface area contributed by atoms with Gasteiger partial charge in [-0.1, -0.05) is 11.6 Å². The van der Waals surface area contributed by atoms with Crippen molar-refractivity contribution in [1.29, 1.82) is 0 Å². The van der Waals surface area contributed by atoms with E-state index < -0.39 is 10.7 Å². The zero-order chi connectivity index (χ0) is 13.1. The molecule has 18 heavy (non-hydrogen) atoms. The van der Waals surface area contributed by atoms with Gasteiger partial charge in [0.1, 0.15) is 11.5 Å². The van der Waals surface area contributed by atoms with Crippen molar-refractivity contribution in [3.05, 3.63) is 57.2 Å². The van der Waals surface area contributed by atoms with Crippen LogP contribution in [0.4, 0.5) is 15.8 Å². The lowest BCUT2D eigenvalue weighted by Crippen LogP contribution is -2.02. The molecule has 0 amide bonds. The van der Waals surface area contributed by atoms with Gasteiger partial charge in [0, 0.05) is 12.1 Å². The molecule has 1 heterocycles. The number of rotatable bonds is 4. The average Bonchev–Trinajstić information content (AvgIpc) is 2.83. The van der Waals surface area contributed by atoms with E-state index in [2.05, 4.69) is 5.32 Å². The van der Waals surface area contributed by atoms with Crippen molar-refractivity contribution in [1.82, 2.24) is 0 Å². The van der Waals surface area contributed by atoms with Crippen LogP contribution in [0.1, 0.15) is 5.56 Å². The lowest BCUT2D eigenvalue weighted by molar-refractivity contribution is -0.384. The summed E-state index contributed by atoms with van der Waals surface area (Å²) in [5.74, 6) is -0.822. The minimum atomic E-state index is -0.822. The first kappa shape index (κ1) is 12.4. The van der Waals surface area contributed by atoms with Gasteiger partial charge in [0.25, 0.3) is 5.69 Å². The molecule has 2 aromatic rings. The van der Waals surface area contributed by atoms with E-state index in [0.717, 1.165) is 11.6 Å². The molecule has 1 aromatic heterocycles.